The molecule has 9 nitrogen and oxygen atoms in total. The topological polar surface area (TPSA) is 135 Å². The first-order chi connectivity index (χ1) is 14.4. The standard InChI is InChI=1S/C20H22N4O5S/c21-19-18-13(12-30(27,28)23-19)4-3-6-17(18)29-11-14-5-1-2-9-24(14)20(26)15-7-8-22-10-16(15)25/h3-4,6-8,10,14,25H,1-2,5,9,11-12H2,(H2,21,23)/t14-/m1/s1. The molecule has 0 saturated carbocycles. The Hall–Kier alpha value is -3.14. The molecular formula is C20H22N4O5S. The molecule has 0 unspecified atom stereocenters. The van der Waals surface area contributed by atoms with Gasteiger partial charge in [-0.25, -0.2) is 8.42 Å². The summed E-state index contributed by atoms with van der Waals surface area (Å²) in [5, 5.41) is 9.99. The van der Waals surface area contributed by atoms with Crippen LogP contribution in [0.2, 0.25) is 0 Å². The van der Waals surface area contributed by atoms with Crippen LogP contribution in [-0.2, 0) is 15.8 Å². The largest absolute Gasteiger partial charge is 0.505 e. The summed E-state index contributed by atoms with van der Waals surface area (Å²) in [6, 6.07) is 6.41. The molecule has 1 aromatic carbocycles. The number of benzene rings is 1. The fourth-order valence-electron chi connectivity index (χ4n) is 3.88. The van der Waals surface area contributed by atoms with Crippen molar-refractivity contribution in [3.8, 4) is 11.5 Å². The number of likely N-dealkylation sites (tertiary alicyclic amines) is 1. The van der Waals surface area contributed by atoms with E-state index in [4.69, 9.17) is 10.5 Å². The number of ether oxygens (including phenoxy) is 1. The van der Waals surface area contributed by atoms with Crippen molar-refractivity contribution in [2.24, 2.45) is 10.1 Å². The summed E-state index contributed by atoms with van der Waals surface area (Å²) in [7, 11) is -3.63. The third-order valence-corrected chi connectivity index (χ3v) is 6.44. The Morgan fingerprint density at radius 3 is 2.93 bits per heavy atom. The third kappa shape index (κ3) is 3.95. The lowest BCUT2D eigenvalue weighted by atomic mass is 10.0. The maximum atomic E-state index is 13.0. The molecular weight excluding hydrogens is 408 g/mol. The average Bonchev–Trinajstić information content (AvgIpc) is 2.71. The highest BCUT2D eigenvalue weighted by Gasteiger charge is 2.30. The fraction of sp³-hybridized carbons (Fsp3) is 0.350. The molecule has 0 radical (unpaired) electrons. The van der Waals surface area contributed by atoms with Gasteiger partial charge < -0.3 is 20.5 Å². The molecule has 2 aromatic rings. The first kappa shape index (κ1) is 20.1. The molecule has 2 aliphatic rings. The Bertz CT molecular complexity index is 1120. The molecule has 2 aliphatic heterocycles. The van der Waals surface area contributed by atoms with E-state index in [9.17, 15) is 18.3 Å². The van der Waals surface area contributed by atoms with Crippen molar-refractivity contribution in [3.05, 3.63) is 53.3 Å². The summed E-state index contributed by atoms with van der Waals surface area (Å²) in [4.78, 5) is 18.5. The van der Waals surface area contributed by atoms with Crippen molar-refractivity contribution in [1.82, 2.24) is 9.88 Å². The second-order valence-corrected chi connectivity index (χ2v) is 8.98. The number of fused-ring (bicyclic) bond motifs is 1. The van der Waals surface area contributed by atoms with Gasteiger partial charge in [0, 0.05) is 12.7 Å². The minimum absolute atomic E-state index is 0.0925. The van der Waals surface area contributed by atoms with Crippen molar-refractivity contribution < 1.29 is 23.1 Å². The van der Waals surface area contributed by atoms with Crippen LogP contribution in [-0.4, -0.2) is 54.3 Å². The van der Waals surface area contributed by atoms with E-state index >= 15 is 0 Å². The molecule has 1 fully saturated rings. The summed E-state index contributed by atoms with van der Waals surface area (Å²) >= 11 is 0. The molecule has 0 bridgehead atoms. The van der Waals surface area contributed by atoms with E-state index in [1.165, 1.54) is 18.5 Å². The molecule has 1 atom stereocenters. The number of carbonyl (C=O) groups is 1. The average molecular weight is 430 g/mol. The first-order valence-electron chi connectivity index (χ1n) is 9.63. The minimum atomic E-state index is -3.63. The van der Waals surface area contributed by atoms with Crippen molar-refractivity contribution in [2.75, 3.05) is 13.2 Å². The van der Waals surface area contributed by atoms with Gasteiger partial charge in [0.15, 0.2) is 0 Å². The van der Waals surface area contributed by atoms with Crippen molar-refractivity contribution in [3.63, 3.8) is 0 Å². The van der Waals surface area contributed by atoms with E-state index in [-0.39, 0.29) is 41.5 Å². The minimum Gasteiger partial charge on any atom is -0.505 e. The monoisotopic (exact) mass is 430 g/mol. The van der Waals surface area contributed by atoms with Gasteiger partial charge in [-0.05, 0) is 37.0 Å². The number of rotatable bonds is 4. The Kier molecular flexibility index (Phi) is 5.33. The number of aromatic hydroxyl groups is 1. The van der Waals surface area contributed by atoms with Crippen LogP contribution in [0.3, 0.4) is 0 Å². The van der Waals surface area contributed by atoms with E-state index in [0.717, 1.165) is 19.3 Å². The number of amidine groups is 1. The second-order valence-electron chi connectivity index (χ2n) is 7.35. The molecule has 158 valence electrons. The predicted octanol–water partition coefficient (Wildman–Crippen LogP) is 1.41. The van der Waals surface area contributed by atoms with Crippen LogP contribution in [0.5, 0.6) is 11.5 Å². The quantitative estimate of drug-likeness (QED) is 0.748. The van der Waals surface area contributed by atoms with Crippen LogP contribution in [0, 0.1) is 0 Å². The van der Waals surface area contributed by atoms with E-state index in [0.29, 0.717) is 23.4 Å². The van der Waals surface area contributed by atoms with Crippen molar-refractivity contribution in [2.45, 2.75) is 31.1 Å². The normalized spacial score (nSPS) is 20.2. The zero-order valence-electron chi connectivity index (χ0n) is 16.2. The Labute approximate surface area is 174 Å². The van der Waals surface area contributed by atoms with Crippen LogP contribution in [0.1, 0.15) is 40.7 Å². The number of amides is 1. The SMILES string of the molecule is NC1=NS(=O)(=O)Cc2cccc(OC[C@H]3CCCCN3C(=O)c3ccncc3O)c21. The molecule has 0 aliphatic carbocycles. The lowest BCUT2D eigenvalue weighted by Crippen LogP contribution is -2.46. The van der Waals surface area contributed by atoms with Gasteiger partial charge in [-0.1, -0.05) is 12.1 Å². The molecule has 1 saturated heterocycles. The van der Waals surface area contributed by atoms with E-state index in [2.05, 4.69) is 9.38 Å². The lowest BCUT2D eigenvalue weighted by Gasteiger charge is -2.36. The van der Waals surface area contributed by atoms with Crippen molar-refractivity contribution in [1.29, 1.82) is 0 Å². The number of aromatic nitrogens is 1. The van der Waals surface area contributed by atoms with E-state index in [1.807, 2.05) is 0 Å². The van der Waals surface area contributed by atoms with Crippen LogP contribution in [0.25, 0.3) is 0 Å². The summed E-state index contributed by atoms with van der Waals surface area (Å²) in [6.45, 7) is 0.775. The first-order valence-corrected chi connectivity index (χ1v) is 11.2. The number of sulfonamides is 1. The number of nitrogens with two attached hydrogens (primary N) is 1. The number of hydrogen-bond acceptors (Lipinski definition) is 7. The lowest BCUT2D eigenvalue weighted by molar-refractivity contribution is 0.0525. The van der Waals surface area contributed by atoms with Crippen LogP contribution >= 0.6 is 0 Å². The summed E-state index contributed by atoms with van der Waals surface area (Å²) in [5.74, 6) is -0.311. The van der Waals surface area contributed by atoms with Crippen molar-refractivity contribution >= 4 is 21.8 Å². The third-order valence-electron chi connectivity index (χ3n) is 5.29. The van der Waals surface area contributed by atoms with E-state index in [1.54, 1.807) is 23.1 Å². The number of hydrogen-bond donors (Lipinski definition) is 2. The molecule has 1 amide bonds. The molecule has 4 rings (SSSR count). The predicted molar refractivity (Wildman–Crippen MR) is 110 cm³/mol. The second kappa shape index (κ2) is 7.94. The highest BCUT2D eigenvalue weighted by atomic mass is 32.2. The van der Waals surface area contributed by atoms with Gasteiger partial charge in [-0.15, -0.1) is 4.40 Å². The van der Waals surface area contributed by atoms with Gasteiger partial charge >= 0.3 is 0 Å². The summed E-state index contributed by atoms with van der Waals surface area (Å²) in [5.41, 5.74) is 7.12. The molecule has 1 aromatic heterocycles. The van der Waals surface area contributed by atoms with Gasteiger partial charge in [-0.3, -0.25) is 9.78 Å². The maximum absolute atomic E-state index is 13.0. The maximum Gasteiger partial charge on any atom is 0.259 e. The molecule has 30 heavy (non-hydrogen) atoms. The van der Waals surface area contributed by atoms with Crippen LogP contribution in [0.15, 0.2) is 41.1 Å². The summed E-state index contributed by atoms with van der Waals surface area (Å²) < 4.78 is 33.3. The number of piperidine rings is 1. The Balaban J connectivity index is 1.55. The van der Waals surface area contributed by atoms with Gasteiger partial charge in [0.25, 0.3) is 15.9 Å². The molecule has 3 N–H and O–H groups in total. The van der Waals surface area contributed by atoms with Gasteiger partial charge in [0.1, 0.15) is 23.9 Å². The Morgan fingerprint density at radius 1 is 1.30 bits per heavy atom. The van der Waals surface area contributed by atoms with Crippen LogP contribution in [0.4, 0.5) is 0 Å². The smallest absolute Gasteiger partial charge is 0.259 e. The number of carbonyl (C=O) groups excluding carboxylic acids is 1. The Morgan fingerprint density at radius 2 is 2.13 bits per heavy atom. The molecule has 10 heteroatoms. The van der Waals surface area contributed by atoms with Crippen LogP contribution < -0.4 is 10.5 Å². The fourth-order valence-corrected chi connectivity index (χ4v) is 4.97. The number of nitrogens with zero attached hydrogens (tertiary/aromatic N) is 3. The molecule has 3 heterocycles. The van der Waals surface area contributed by atoms with Gasteiger partial charge in [-0.2, -0.15) is 0 Å². The highest BCUT2D eigenvalue weighted by Crippen LogP contribution is 2.29. The van der Waals surface area contributed by atoms with Gasteiger partial charge in [0.2, 0.25) is 0 Å². The highest BCUT2D eigenvalue weighted by molar-refractivity contribution is 7.89. The molecule has 0 spiro atoms. The number of pyridine rings is 1. The van der Waals surface area contributed by atoms with Gasteiger partial charge in [0.05, 0.1) is 29.1 Å². The zero-order valence-corrected chi connectivity index (χ0v) is 17.0. The van der Waals surface area contributed by atoms with E-state index < -0.39 is 10.0 Å². The zero-order chi connectivity index (χ0) is 21.3. The summed E-state index contributed by atoms with van der Waals surface area (Å²) in [6.07, 6.45) is 5.29.